The number of amides is 9. The van der Waals surface area contributed by atoms with Crippen molar-refractivity contribution in [1.29, 1.82) is 0 Å². The molecule has 3 rings (SSSR count). The summed E-state index contributed by atoms with van der Waals surface area (Å²) in [6, 6.07) is -0.904. The van der Waals surface area contributed by atoms with E-state index in [4.69, 9.17) is 22.9 Å². The Labute approximate surface area is 531 Å². The van der Waals surface area contributed by atoms with Gasteiger partial charge >= 0.3 is 0 Å². The molecule has 0 saturated carbocycles. The van der Waals surface area contributed by atoms with Crippen LogP contribution in [0.25, 0.3) is 0 Å². The van der Waals surface area contributed by atoms with Gasteiger partial charge in [0.2, 0.25) is 47.3 Å². The number of carbonyl (C=O) groups is 9. The van der Waals surface area contributed by atoms with Crippen molar-refractivity contribution in [3.8, 4) is 0 Å². The molecule has 2 aromatic carbocycles. The standard InChI is InChI=1S/C57H89N17O14S2/c1-7-34(4)47(71-51(79)41(22-29-90-6)65-48(76)36-14-8-9-15-37(36)59)55(83)70-44(32-75)53(81)69-43(30-33(2)3)52(80)67-40(21-28-89-5)50(78)66-39(16-10-11-23-58)49(77)68-42(17-12-24-64-57(60)61)56(84)72-27-13-18-45(72)54(82)63-26-25-62-38-20-19-35(73(85)86)31-46(38)74(87)88/h8-9,14-15,19-20,25-26,31,33-34,39-45,47,62,75H,7,10-13,16-18,21-24,27-30,32,58-59H2,1-6H3,(H,63,82)(H,65,76)(H,66,78)(H,67,80)(H,68,77)(H,69,81)(H,70,83)(H,71,79)(H4,60,61,64)/b26-25+/t34-,39-,40-,41-,42-,43-,44-,45-,47-/m0/s1. The third-order valence-electron chi connectivity index (χ3n) is 14.5. The number of guanidine groups is 1. The van der Waals surface area contributed by atoms with E-state index in [1.807, 2.05) is 6.26 Å². The normalized spacial score (nSPS) is 15.5. The van der Waals surface area contributed by atoms with E-state index in [9.17, 15) is 68.5 Å². The molecule has 9 amide bonds. The van der Waals surface area contributed by atoms with Crippen molar-refractivity contribution in [3.63, 3.8) is 0 Å². The average Bonchev–Trinajstić information content (AvgIpc) is 1.74. The maximum Gasteiger partial charge on any atom is 0.299 e. The number of nitrogens with one attached hydrogen (secondary N) is 9. The number of carbonyl (C=O) groups excluding carboxylic acids is 9. The molecule has 2 aromatic rings. The van der Waals surface area contributed by atoms with Crippen molar-refractivity contribution in [2.45, 2.75) is 147 Å². The van der Waals surface area contributed by atoms with Gasteiger partial charge in [-0.15, -0.1) is 0 Å². The number of nitro benzene ring substituents is 2. The molecule has 1 aliphatic heterocycles. The average molecular weight is 1300 g/mol. The molecule has 0 bridgehead atoms. The van der Waals surface area contributed by atoms with Crippen molar-refractivity contribution in [3.05, 3.63) is 80.7 Å². The van der Waals surface area contributed by atoms with E-state index in [2.05, 4.69) is 52.8 Å². The number of nitro groups is 2. The number of thioether (sulfide) groups is 2. The number of aliphatic imine (C=N–C) groups is 1. The highest BCUT2D eigenvalue weighted by Gasteiger charge is 2.39. The Morgan fingerprint density at radius 2 is 1.29 bits per heavy atom. The number of nitrogen functional groups attached to an aromatic ring is 1. The number of likely N-dealkylation sites (tertiary alicyclic amines) is 1. The summed E-state index contributed by atoms with van der Waals surface area (Å²) in [5.74, 6) is -6.86. The van der Waals surface area contributed by atoms with Crippen LogP contribution in [0.5, 0.6) is 0 Å². The highest BCUT2D eigenvalue weighted by Crippen LogP contribution is 2.29. The van der Waals surface area contributed by atoms with Crippen LogP contribution in [0.1, 0.15) is 109 Å². The van der Waals surface area contributed by atoms with Crippen LogP contribution in [0.4, 0.5) is 22.7 Å². The summed E-state index contributed by atoms with van der Waals surface area (Å²) in [6.07, 6.45) is 8.14. The van der Waals surface area contributed by atoms with E-state index in [0.717, 1.165) is 30.6 Å². The topological polar surface area (TPSA) is 488 Å². The van der Waals surface area contributed by atoms with Crippen molar-refractivity contribution in [2.24, 2.45) is 34.0 Å². The number of para-hydroxylation sites is 1. The molecule has 1 aliphatic rings. The van der Waals surface area contributed by atoms with Gasteiger partial charge in [0, 0.05) is 37.2 Å². The van der Waals surface area contributed by atoms with Crippen molar-refractivity contribution >= 4 is 105 Å². The van der Waals surface area contributed by atoms with Crippen molar-refractivity contribution < 1.29 is 58.1 Å². The zero-order chi connectivity index (χ0) is 67.0. The monoisotopic (exact) mass is 1300 g/mol. The summed E-state index contributed by atoms with van der Waals surface area (Å²) >= 11 is 2.80. The van der Waals surface area contributed by atoms with Crippen LogP contribution in [0.3, 0.4) is 0 Å². The molecule has 31 nitrogen and oxygen atoms in total. The van der Waals surface area contributed by atoms with Crippen molar-refractivity contribution in [2.75, 3.05) is 61.3 Å². The zero-order valence-electron chi connectivity index (χ0n) is 51.7. The third kappa shape index (κ3) is 24.9. The molecule has 1 heterocycles. The smallest absolute Gasteiger partial charge is 0.299 e. The summed E-state index contributed by atoms with van der Waals surface area (Å²) in [6.45, 7) is 6.54. The lowest BCUT2D eigenvalue weighted by atomic mass is 9.97. The molecule has 18 N–H and O–H groups in total. The number of aliphatic hydroxyl groups excluding tert-OH is 1. The number of nitrogens with zero attached hydrogens (tertiary/aromatic N) is 4. The lowest BCUT2D eigenvalue weighted by Crippen LogP contribution is -2.61. The third-order valence-corrected chi connectivity index (χ3v) is 15.8. The predicted octanol–water partition coefficient (Wildman–Crippen LogP) is 0.556. The minimum absolute atomic E-state index is 0.0232. The minimum Gasteiger partial charge on any atom is -0.398 e. The Bertz CT molecular complexity index is 2850. The Morgan fingerprint density at radius 3 is 1.87 bits per heavy atom. The Balaban J connectivity index is 1.84. The van der Waals surface area contributed by atoms with Crippen LogP contribution in [0.15, 0.2) is 59.9 Å². The second-order valence-electron chi connectivity index (χ2n) is 21.8. The Hall–Kier alpha value is -8.30. The number of nitrogens with two attached hydrogens (primary N) is 4. The van der Waals surface area contributed by atoms with Gasteiger partial charge < -0.3 is 80.8 Å². The molecule has 498 valence electrons. The molecule has 90 heavy (non-hydrogen) atoms. The molecular formula is C57H89N17O14S2. The SMILES string of the molecule is CC[C@H](C)[C@H](NC(=O)[C@H](CCSC)NC(=O)c1ccccc1N)C(=O)N[C@@H](CO)C(=O)N[C@@H](CC(C)C)C(=O)N[C@@H](CCSC)C(=O)N[C@@H](CCCCN)C(=O)N[C@@H](CCCN=C(N)N)C(=O)N1CCC[C@H]1C(=O)N/C=C/Nc1ccc([N+](=O)[O-])cc1[N+](=O)[O-]. The minimum atomic E-state index is -1.63. The molecule has 0 radical (unpaired) electrons. The highest BCUT2D eigenvalue weighted by atomic mass is 32.2. The molecule has 1 saturated heterocycles. The Kier molecular flexibility index (Phi) is 33.5. The maximum atomic E-state index is 14.5. The number of rotatable bonds is 40. The number of hydrogen-bond acceptors (Lipinski definition) is 20. The van der Waals surface area contributed by atoms with Crippen LogP contribution in [0, 0.1) is 32.1 Å². The van der Waals surface area contributed by atoms with Crippen LogP contribution < -0.4 is 70.8 Å². The second kappa shape index (κ2) is 39.7. The Morgan fingerprint density at radius 1 is 0.722 bits per heavy atom. The zero-order valence-corrected chi connectivity index (χ0v) is 53.3. The first-order valence-electron chi connectivity index (χ1n) is 29.6. The molecular weight excluding hydrogens is 1210 g/mol. The van der Waals surface area contributed by atoms with E-state index in [1.165, 1.54) is 34.5 Å². The molecule has 33 heteroatoms. The van der Waals surface area contributed by atoms with Gasteiger partial charge in [-0.1, -0.05) is 46.2 Å². The quantitative estimate of drug-likeness (QED) is 0.0108. The first-order chi connectivity index (χ1) is 42.8. The van der Waals surface area contributed by atoms with Gasteiger partial charge in [-0.2, -0.15) is 23.5 Å². The molecule has 0 spiro atoms. The fraction of sp³-hybridized carbons (Fsp3) is 0.579. The largest absolute Gasteiger partial charge is 0.398 e. The summed E-state index contributed by atoms with van der Waals surface area (Å²) in [5.41, 5.74) is 22.1. The fourth-order valence-corrected chi connectivity index (χ4v) is 10.4. The maximum absolute atomic E-state index is 14.5. The summed E-state index contributed by atoms with van der Waals surface area (Å²) in [4.78, 5) is 153. The molecule has 0 unspecified atom stereocenters. The molecule has 9 atom stereocenters. The number of unbranched alkanes of at least 4 members (excludes halogenated alkanes) is 1. The van der Waals surface area contributed by atoms with Gasteiger partial charge in [-0.3, -0.25) is 68.4 Å². The first-order valence-corrected chi connectivity index (χ1v) is 32.4. The number of aliphatic hydroxyl groups is 1. The fourth-order valence-electron chi connectivity index (χ4n) is 9.44. The van der Waals surface area contributed by atoms with Gasteiger partial charge in [0.05, 0.1) is 28.1 Å². The first kappa shape index (κ1) is 75.9. The molecule has 0 aromatic heterocycles. The summed E-state index contributed by atoms with van der Waals surface area (Å²) < 4.78 is 0. The van der Waals surface area contributed by atoms with Crippen LogP contribution in [-0.2, 0) is 38.4 Å². The van der Waals surface area contributed by atoms with Crippen molar-refractivity contribution in [1.82, 2.24) is 47.4 Å². The van der Waals surface area contributed by atoms with Crippen LogP contribution in [-0.4, -0.2) is 178 Å². The number of anilines is 2. The summed E-state index contributed by atoms with van der Waals surface area (Å²) in [7, 11) is 0. The second-order valence-corrected chi connectivity index (χ2v) is 23.8. The van der Waals surface area contributed by atoms with Gasteiger partial charge in [0.25, 0.3) is 17.3 Å². The number of benzene rings is 2. The van der Waals surface area contributed by atoms with Gasteiger partial charge in [0.15, 0.2) is 5.96 Å². The lowest BCUT2D eigenvalue weighted by Gasteiger charge is -2.30. The molecule has 0 aliphatic carbocycles. The number of non-ortho nitro benzene ring substituents is 1. The molecule has 1 fully saturated rings. The van der Waals surface area contributed by atoms with E-state index in [0.29, 0.717) is 37.2 Å². The van der Waals surface area contributed by atoms with E-state index in [1.54, 1.807) is 52.1 Å². The van der Waals surface area contributed by atoms with E-state index >= 15 is 0 Å². The van der Waals surface area contributed by atoms with E-state index in [-0.39, 0.29) is 93.4 Å². The summed E-state index contributed by atoms with van der Waals surface area (Å²) in [5, 5.41) is 57.2. The van der Waals surface area contributed by atoms with Gasteiger partial charge in [-0.05, 0) is 125 Å². The number of hydrogen-bond donors (Lipinski definition) is 14. The van der Waals surface area contributed by atoms with Gasteiger partial charge in [0.1, 0.15) is 54.0 Å². The van der Waals surface area contributed by atoms with Crippen LogP contribution in [0.2, 0.25) is 0 Å². The lowest BCUT2D eigenvalue weighted by molar-refractivity contribution is -0.393. The van der Waals surface area contributed by atoms with Gasteiger partial charge in [-0.25, -0.2) is 0 Å². The van der Waals surface area contributed by atoms with Crippen LogP contribution >= 0.6 is 23.5 Å². The van der Waals surface area contributed by atoms with E-state index < -0.39 is 135 Å². The highest BCUT2D eigenvalue weighted by molar-refractivity contribution is 7.98. The predicted molar refractivity (Wildman–Crippen MR) is 344 cm³/mol.